The molecule has 0 atom stereocenters. The second-order valence-electron chi connectivity index (χ2n) is 4.82. The molecule has 0 fully saturated rings. The van der Waals surface area contributed by atoms with E-state index in [0.29, 0.717) is 15.8 Å². The van der Waals surface area contributed by atoms with Crippen LogP contribution in [-0.2, 0) is 9.53 Å². The molecule has 0 unspecified atom stereocenters. The van der Waals surface area contributed by atoms with E-state index in [1.807, 2.05) is 30.3 Å². The number of ketones is 2. The molecule has 1 aliphatic rings. The topological polar surface area (TPSA) is 43.4 Å². The average Bonchev–Trinajstić information content (AvgIpc) is 2.85. The molecule has 114 valence electrons. The first kappa shape index (κ1) is 15.9. The van der Waals surface area contributed by atoms with E-state index in [2.05, 4.69) is 31.9 Å². The molecule has 0 spiro atoms. The van der Waals surface area contributed by atoms with Crippen LogP contribution in [0.25, 0.3) is 5.76 Å². The van der Waals surface area contributed by atoms with E-state index in [0.717, 1.165) is 10.0 Å². The molecular formula is C18H10Br2O3. The highest BCUT2D eigenvalue weighted by Gasteiger charge is 2.30. The summed E-state index contributed by atoms with van der Waals surface area (Å²) in [6.45, 7) is 0. The van der Waals surface area contributed by atoms with Gasteiger partial charge in [0.1, 0.15) is 4.48 Å². The first-order valence-corrected chi connectivity index (χ1v) is 8.34. The Labute approximate surface area is 149 Å². The maximum absolute atomic E-state index is 12.3. The summed E-state index contributed by atoms with van der Waals surface area (Å²) < 4.78 is 6.80. The number of carbonyl (C=O) groups is 2. The number of Topliss-reactive ketones (excluding diaryl/α,β-unsaturated/α-hetero) is 1. The summed E-state index contributed by atoms with van der Waals surface area (Å²) in [4.78, 5) is 24.5. The van der Waals surface area contributed by atoms with Gasteiger partial charge in [0.25, 0.3) is 0 Å². The summed E-state index contributed by atoms with van der Waals surface area (Å²) in [5.41, 5.74) is 1.26. The minimum Gasteiger partial charge on any atom is -0.451 e. The van der Waals surface area contributed by atoms with Gasteiger partial charge in [0.2, 0.25) is 5.78 Å². The van der Waals surface area contributed by atoms with Crippen molar-refractivity contribution in [1.82, 2.24) is 0 Å². The van der Waals surface area contributed by atoms with Gasteiger partial charge in [0.15, 0.2) is 17.3 Å². The number of hydrogen-bond acceptors (Lipinski definition) is 3. The minimum absolute atomic E-state index is 0.0173. The van der Waals surface area contributed by atoms with Crippen molar-refractivity contribution in [3.05, 3.63) is 86.5 Å². The first-order chi connectivity index (χ1) is 11.1. The molecule has 2 aromatic carbocycles. The number of carbonyl (C=O) groups excluding carboxylic acids is 2. The Morgan fingerprint density at radius 3 is 2.26 bits per heavy atom. The zero-order valence-corrected chi connectivity index (χ0v) is 14.9. The highest BCUT2D eigenvalue weighted by atomic mass is 79.9. The number of ether oxygens (including phenoxy) is 1. The highest BCUT2D eigenvalue weighted by Crippen LogP contribution is 2.35. The van der Waals surface area contributed by atoms with Crippen LogP contribution in [0.4, 0.5) is 0 Å². The lowest BCUT2D eigenvalue weighted by Gasteiger charge is -2.04. The summed E-state index contributed by atoms with van der Waals surface area (Å²) in [7, 11) is 0. The Morgan fingerprint density at radius 2 is 1.61 bits per heavy atom. The van der Waals surface area contributed by atoms with Gasteiger partial charge < -0.3 is 4.74 Å². The van der Waals surface area contributed by atoms with Gasteiger partial charge in [-0.05, 0) is 40.2 Å². The van der Waals surface area contributed by atoms with E-state index in [9.17, 15) is 9.59 Å². The van der Waals surface area contributed by atoms with Gasteiger partial charge in [-0.2, -0.15) is 0 Å². The second-order valence-corrected chi connectivity index (χ2v) is 6.53. The van der Waals surface area contributed by atoms with Crippen molar-refractivity contribution in [2.75, 3.05) is 0 Å². The van der Waals surface area contributed by atoms with Crippen LogP contribution in [0.1, 0.15) is 15.9 Å². The number of hydrogen-bond donors (Lipinski definition) is 0. The third kappa shape index (κ3) is 3.35. The fraction of sp³-hybridized carbons (Fsp3) is 0. The van der Waals surface area contributed by atoms with Gasteiger partial charge in [-0.15, -0.1) is 0 Å². The Balaban J connectivity index is 1.87. The molecule has 0 radical (unpaired) electrons. The molecule has 0 amide bonds. The second kappa shape index (κ2) is 6.64. The van der Waals surface area contributed by atoms with E-state index >= 15 is 0 Å². The summed E-state index contributed by atoms with van der Waals surface area (Å²) in [6, 6.07) is 16.2. The van der Waals surface area contributed by atoms with Crippen LogP contribution in [0.3, 0.4) is 0 Å². The number of allylic oxidation sites excluding steroid dienone is 2. The van der Waals surface area contributed by atoms with Crippen LogP contribution in [-0.4, -0.2) is 11.6 Å². The van der Waals surface area contributed by atoms with Crippen molar-refractivity contribution in [2.24, 2.45) is 0 Å². The Bertz CT molecular complexity index is 834. The van der Waals surface area contributed by atoms with Gasteiger partial charge in [0, 0.05) is 21.7 Å². The van der Waals surface area contributed by atoms with Crippen molar-refractivity contribution in [3.8, 4) is 0 Å². The third-order valence-electron chi connectivity index (χ3n) is 3.26. The van der Waals surface area contributed by atoms with Crippen molar-refractivity contribution < 1.29 is 14.3 Å². The van der Waals surface area contributed by atoms with Gasteiger partial charge >= 0.3 is 0 Å². The van der Waals surface area contributed by atoms with Crippen LogP contribution in [0.2, 0.25) is 0 Å². The zero-order valence-electron chi connectivity index (χ0n) is 11.8. The molecule has 0 bridgehead atoms. The van der Waals surface area contributed by atoms with Crippen molar-refractivity contribution in [1.29, 1.82) is 0 Å². The molecule has 0 aliphatic carbocycles. The van der Waals surface area contributed by atoms with Gasteiger partial charge in [-0.3, -0.25) is 9.59 Å². The average molecular weight is 434 g/mol. The van der Waals surface area contributed by atoms with Crippen molar-refractivity contribution in [3.63, 3.8) is 0 Å². The molecule has 3 rings (SSSR count). The Kier molecular flexibility index (Phi) is 4.59. The molecule has 23 heavy (non-hydrogen) atoms. The smallest absolute Gasteiger partial charge is 0.239 e. The summed E-state index contributed by atoms with van der Waals surface area (Å²) in [6.07, 6.45) is 1.22. The molecule has 0 aromatic heterocycles. The van der Waals surface area contributed by atoms with Gasteiger partial charge in [-0.25, -0.2) is 0 Å². The van der Waals surface area contributed by atoms with Crippen LogP contribution in [0.15, 0.2) is 75.4 Å². The maximum Gasteiger partial charge on any atom is 0.239 e. The van der Waals surface area contributed by atoms with E-state index < -0.39 is 0 Å². The number of benzene rings is 2. The molecule has 0 saturated heterocycles. The maximum atomic E-state index is 12.3. The predicted octanol–water partition coefficient (Wildman–Crippen LogP) is 4.88. The molecule has 1 heterocycles. The van der Waals surface area contributed by atoms with Crippen LogP contribution in [0, 0.1) is 0 Å². The lowest BCUT2D eigenvalue weighted by molar-refractivity contribution is -0.112. The summed E-state index contributed by atoms with van der Waals surface area (Å²) in [5, 5.41) is 0. The molecule has 1 aliphatic heterocycles. The monoisotopic (exact) mass is 432 g/mol. The SMILES string of the molecule is O=C1C(Br)=C(c2ccccc2)O/C1=C/C(=O)c1ccc(Br)cc1. The molecule has 3 nitrogen and oxygen atoms in total. The first-order valence-electron chi connectivity index (χ1n) is 6.75. The summed E-state index contributed by atoms with van der Waals surface area (Å²) in [5.74, 6) is -0.182. The number of halogens is 2. The van der Waals surface area contributed by atoms with E-state index in [-0.39, 0.29) is 17.3 Å². The third-order valence-corrected chi connectivity index (χ3v) is 4.51. The molecule has 0 N–H and O–H groups in total. The molecule has 2 aromatic rings. The van der Waals surface area contributed by atoms with Gasteiger partial charge in [0.05, 0.1) is 0 Å². The van der Waals surface area contributed by atoms with Crippen molar-refractivity contribution in [2.45, 2.75) is 0 Å². The number of rotatable bonds is 3. The largest absolute Gasteiger partial charge is 0.451 e. The normalized spacial score (nSPS) is 15.9. The molecule has 0 saturated carbocycles. The van der Waals surface area contributed by atoms with E-state index in [1.54, 1.807) is 24.3 Å². The van der Waals surface area contributed by atoms with Crippen LogP contribution >= 0.6 is 31.9 Å². The standard InChI is InChI=1S/C18H10Br2O3/c19-13-8-6-11(7-9-13)14(21)10-15-17(22)16(20)18(23-15)12-4-2-1-3-5-12/h1-10H/b15-10+. The fourth-order valence-electron chi connectivity index (χ4n) is 2.10. The van der Waals surface area contributed by atoms with Crippen LogP contribution in [0.5, 0.6) is 0 Å². The van der Waals surface area contributed by atoms with E-state index in [4.69, 9.17) is 4.74 Å². The molecule has 5 heteroatoms. The zero-order chi connectivity index (χ0) is 16.4. The molecular weight excluding hydrogens is 424 g/mol. The Morgan fingerprint density at radius 1 is 0.957 bits per heavy atom. The quantitative estimate of drug-likeness (QED) is 0.511. The van der Waals surface area contributed by atoms with Crippen molar-refractivity contribution >= 4 is 49.2 Å². The van der Waals surface area contributed by atoms with Gasteiger partial charge in [-0.1, -0.05) is 46.3 Å². The predicted molar refractivity (Wildman–Crippen MR) is 94.9 cm³/mol. The lowest BCUT2D eigenvalue weighted by atomic mass is 10.1. The summed E-state index contributed by atoms with van der Waals surface area (Å²) >= 11 is 6.57. The van der Waals surface area contributed by atoms with E-state index in [1.165, 1.54) is 6.08 Å². The highest BCUT2D eigenvalue weighted by molar-refractivity contribution is 9.12. The lowest BCUT2D eigenvalue weighted by Crippen LogP contribution is -2.02. The Hall–Kier alpha value is -1.98. The fourth-order valence-corrected chi connectivity index (χ4v) is 2.87. The minimum atomic E-state index is -0.339. The van der Waals surface area contributed by atoms with Crippen LogP contribution < -0.4 is 0 Å².